The lowest BCUT2D eigenvalue weighted by Gasteiger charge is -2.25. The van der Waals surface area contributed by atoms with Crippen LogP contribution in [0.25, 0.3) is 0 Å². The van der Waals surface area contributed by atoms with Crippen LogP contribution >= 0.6 is 0 Å². The molecule has 0 aliphatic carbocycles. The second kappa shape index (κ2) is 10.3. The van der Waals surface area contributed by atoms with Crippen molar-refractivity contribution in [3.8, 4) is 0 Å². The number of hydrogen-bond donors (Lipinski definition) is 1. The highest BCUT2D eigenvalue weighted by Gasteiger charge is 2.37. The maximum Gasteiger partial charge on any atom is 0.410 e. The van der Waals surface area contributed by atoms with E-state index in [1.54, 1.807) is 0 Å². The van der Waals surface area contributed by atoms with Crippen LogP contribution in [0.2, 0.25) is 0 Å². The van der Waals surface area contributed by atoms with Crippen LogP contribution < -0.4 is 5.32 Å². The topological polar surface area (TPSA) is 111 Å². The number of nitrogens with one attached hydrogen (secondary N) is 1. The number of methoxy groups -OCH3 is 2. The summed E-state index contributed by atoms with van der Waals surface area (Å²) in [6.07, 6.45) is 0.0840. The Hall–Kier alpha value is -3.10. The minimum absolute atomic E-state index is 0.0949. The predicted octanol–water partition coefficient (Wildman–Crippen LogP) is 1.01. The van der Waals surface area contributed by atoms with Gasteiger partial charge in [0.2, 0.25) is 5.91 Å². The fourth-order valence-electron chi connectivity index (χ4n) is 2.91. The van der Waals surface area contributed by atoms with Gasteiger partial charge in [0.15, 0.2) is 0 Å². The SMILES string of the molecule is COC(=O)C[C@H](NC(=O)[C@H]1CCCN1C(=O)OCc1ccccc1)C(=O)OC. The number of carbonyl (C=O) groups excluding carboxylic acids is 4. The van der Waals surface area contributed by atoms with Crippen LogP contribution in [-0.4, -0.2) is 61.7 Å². The Bertz CT molecular complexity index is 707. The highest BCUT2D eigenvalue weighted by atomic mass is 16.6. The van der Waals surface area contributed by atoms with E-state index in [1.807, 2.05) is 30.3 Å². The lowest BCUT2D eigenvalue weighted by atomic mass is 10.1. The molecule has 1 aliphatic heterocycles. The van der Waals surface area contributed by atoms with Crippen molar-refractivity contribution in [2.75, 3.05) is 20.8 Å². The zero-order valence-electron chi connectivity index (χ0n) is 15.9. The van der Waals surface area contributed by atoms with E-state index in [1.165, 1.54) is 12.0 Å². The summed E-state index contributed by atoms with van der Waals surface area (Å²) in [5, 5.41) is 2.47. The van der Waals surface area contributed by atoms with Crippen LogP contribution in [0, 0.1) is 0 Å². The van der Waals surface area contributed by atoms with Crippen molar-refractivity contribution in [2.24, 2.45) is 0 Å². The molecule has 0 bridgehead atoms. The average Bonchev–Trinajstić information content (AvgIpc) is 3.21. The summed E-state index contributed by atoms with van der Waals surface area (Å²) < 4.78 is 14.4. The fraction of sp³-hybridized carbons (Fsp3) is 0.474. The molecule has 2 amide bonds. The van der Waals surface area contributed by atoms with Crippen LogP contribution in [0.4, 0.5) is 4.79 Å². The molecule has 1 N–H and O–H groups in total. The summed E-state index contributed by atoms with van der Waals surface area (Å²) in [5.41, 5.74) is 0.833. The molecule has 1 heterocycles. The van der Waals surface area contributed by atoms with Crippen molar-refractivity contribution < 1.29 is 33.4 Å². The zero-order chi connectivity index (χ0) is 20.5. The Morgan fingerprint density at radius 2 is 1.86 bits per heavy atom. The van der Waals surface area contributed by atoms with Crippen LogP contribution in [0.1, 0.15) is 24.8 Å². The minimum Gasteiger partial charge on any atom is -0.469 e. The lowest BCUT2D eigenvalue weighted by molar-refractivity contribution is -0.151. The summed E-state index contributed by atoms with van der Waals surface area (Å²) in [4.78, 5) is 49.6. The van der Waals surface area contributed by atoms with Gasteiger partial charge in [0.05, 0.1) is 20.6 Å². The van der Waals surface area contributed by atoms with Gasteiger partial charge in [0, 0.05) is 6.54 Å². The van der Waals surface area contributed by atoms with E-state index in [2.05, 4.69) is 14.8 Å². The van der Waals surface area contributed by atoms with Gasteiger partial charge in [-0.05, 0) is 18.4 Å². The number of ether oxygens (including phenoxy) is 3. The quantitative estimate of drug-likeness (QED) is 0.544. The molecule has 28 heavy (non-hydrogen) atoms. The van der Waals surface area contributed by atoms with Crippen molar-refractivity contribution >= 4 is 23.9 Å². The number of nitrogens with zero attached hydrogens (tertiary/aromatic N) is 1. The molecule has 1 fully saturated rings. The Balaban J connectivity index is 1.97. The van der Waals surface area contributed by atoms with Gasteiger partial charge in [-0.1, -0.05) is 30.3 Å². The van der Waals surface area contributed by atoms with Crippen LogP contribution in [-0.2, 0) is 35.2 Å². The van der Waals surface area contributed by atoms with E-state index in [9.17, 15) is 19.2 Å². The smallest absolute Gasteiger partial charge is 0.410 e. The largest absolute Gasteiger partial charge is 0.469 e. The molecule has 0 aromatic heterocycles. The Morgan fingerprint density at radius 3 is 2.50 bits per heavy atom. The molecule has 1 aromatic rings. The van der Waals surface area contributed by atoms with Crippen molar-refractivity contribution in [1.29, 1.82) is 0 Å². The molecular formula is C19H24N2O7. The molecule has 2 atom stereocenters. The van der Waals surface area contributed by atoms with Gasteiger partial charge in [-0.15, -0.1) is 0 Å². The van der Waals surface area contributed by atoms with Gasteiger partial charge in [-0.25, -0.2) is 9.59 Å². The standard InChI is InChI=1S/C19H24N2O7/c1-26-16(22)11-14(18(24)27-2)20-17(23)15-9-6-10-21(15)19(25)28-12-13-7-4-3-5-8-13/h3-5,7-8,14-15H,6,9-12H2,1-2H3,(H,20,23)/t14-,15+/m0/s1. The number of rotatable bonds is 7. The summed E-state index contributed by atoms with van der Waals surface area (Å²) in [7, 11) is 2.33. The molecule has 1 aliphatic rings. The number of benzene rings is 1. The number of likely N-dealkylation sites (tertiary alicyclic amines) is 1. The fourth-order valence-corrected chi connectivity index (χ4v) is 2.91. The highest BCUT2D eigenvalue weighted by molar-refractivity contribution is 5.91. The molecule has 9 nitrogen and oxygen atoms in total. The highest BCUT2D eigenvalue weighted by Crippen LogP contribution is 2.19. The second-order valence-corrected chi connectivity index (χ2v) is 6.26. The van der Waals surface area contributed by atoms with Crippen LogP contribution in [0.3, 0.4) is 0 Å². The normalized spacial score (nSPS) is 16.8. The molecule has 2 rings (SSSR count). The molecule has 152 valence electrons. The van der Waals surface area contributed by atoms with Crippen LogP contribution in [0.5, 0.6) is 0 Å². The summed E-state index contributed by atoms with van der Waals surface area (Å²) >= 11 is 0. The Labute approximate surface area is 162 Å². The maximum atomic E-state index is 12.6. The van der Waals surface area contributed by atoms with Gasteiger partial charge in [0.1, 0.15) is 18.7 Å². The van der Waals surface area contributed by atoms with Crippen molar-refractivity contribution in [2.45, 2.75) is 38.0 Å². The van der Waals surface area contributed by atoms with E-state index in [4.69, 9.17) is 4.74 Å². The van der Waals surface area contributed by atoms with E-state index in [0.29, 0.717) is 19.4 Å². The first-order chi connectivity index (χ1) is 13.5. The third kappa shape index (κ3) is 5.70. The van der Waals surface area contributed by atoms with Gasteiger partial charge in [-0.2, -0.15) is 0 Å². The van der Waals surface area contributed by atoms with Crippen LogP contribution in [0.15, 0.2) is 30.3 Å². The molecular weight excluding hydrogens is 368 g/mol. The van der Waals surface area contributed by atoms with Gasteiger partial charge in [-0.3, -0.25) is 14.5 Å². The van der Waals surface area contributed by atoms with Crippen molar-refractivity contribution in [1.82, 2.24) is 10.2 Å². The Morgan fingerprint density at radius 1 is 1.14 bits per heavy atom. The van der Waals surface area contributed by atoms with Gasteiger partial charge >= 0.3 is 18.0 Å². The van der Waals surface area contributed by atoms with Crippen molar-refractivity contribution in [3.05, 3.63) is 35.9 Å². The van der Waals surface area contributed by atoms with E-state index < -0.39 is 36.0 Å². The third-order valence-corrected chi connectivity index (χ3v) is 4.40. The second-order valence-electron chi connectivity index (χ2n) is 6.26. The summed E-state index contributed by atoms with van der Waals surface area (Å²) in [6, 6.07) is 7.22. The lowest BCUT2D eigenvalue weighted by Crippen LogP contribution is -2.51. The first kappa shape index (κ1) is 21.2. The minimum atomic E-state index is -1.19. The summed E-state index contributed by atoms with van der Waals surface area (Å²) in [5.74, 6) is -1.98. The number of esters is 2. The molecule has 0 saturated carbocycles. The monoisotopic (exact) mass is 392 g/mol. The predicted molar refractivity (Wildman–Crippen MR) is 96.9 cm³/mol. The molecule has 0 radical (unpaired) electrons. The van der Waals surface area contributed by atoms with Gasteiger partial charge < -0.3 is 19.5 Å². The Kier molecular flexibility index (Phi) is 7.79. The number of carbonyl (C=O) groups is 4. The summed E-state index contributed by atoms with van der Waals surface area (Å²) in [6.45, 7) is 0.462. The third-order valence-electron chi connectivity index (χ3n) is 4.40. The van der Waals surface area contributed by atoms with E-state index in [0.717, 1.165) is 12.7 Å². The van der Waals surface area contributed by atoms with E-state index in [-0.39, 0.29) is 13.0 Å². The zero-order valence-corrected chi connectivity index (χ0v) is 15.9. The maximum absolute atomic E-state index is 12.6. The van der Waals surface area contributed by atoms with E-state index >= 15 is 0 Å². The number of amides is 2. The first-order valence-electron chi connectivity index (χ1n) is 8.88. The average molecular weight is 392 g/mol. The first-order valence-corrected chi connectivity index (χ1v) is 8.88. The molecule has 1 saturated heterocycles. The molecule has 0 unspecified atom stereocenters. The molecule has 9 heteroatoms. The molecule has 0 spiro atoms. The van der Waals surface area contributed by atoms with Gasteiger partial charge in [0.25, 0.3) is 0 Å². The number of hydrogen-bond acceptors (Lipinski definition) is 7. The van der Waals surface area contributed by atoms with Crippen molar-refractivity contribution in [3.63, 3.8) is 0 Å². The molecule has 1 aromatic carbocycles.